The molecule has 2 saturated heterocycles. The fraction of sp³-hybridized carbons (Fsp3) is 0.388. The minimum absolute atomic E-state index is 0.00443. The number of pyridine rings is 4. The number of rotatable bonds is 13. The van der Waals surface area contributed by atoms with Gasteiger partial charge in [0.05, 0.1) is 63.7 Å². The summed E-state index contributed by atoms with van der Waals surface area (Å²) in [5.41, 5.74) is 11.3. The molecular formula is C67H74N14O8. The van der Waals surface area contributed by atoms with Gasteiger partial charge < -0.3 is 55.1 Å². The Morgan fingerprint density at radius 1 is 0.607 bits per heavy atom. The number of aromatic nitrogens is 6. The summed E-state index contributed by atoms with van der Waals surface area (Å²) in [7, 11) is 0. The Balaban J connectivity index is 0.000000186. The first-order valence-electron chi connectivity index (χ1n) is 30.0. The molecule has 12 rings (SSSR count). The monoisotopic (exact) mass is 1200 g/mol. The maximum atomic E-state index is 14.3. The molecule has 0 spiro atoms. The third-order valence-electron chi connectivity index (χ3n) is 16.5. The summed E-state index contributed by atoms with van der Waals surface area (Å²) in [6, 6.07) is 31.7. The van der Waals surface area contributed by atoms with Gasteiger partial charge in [0.25, 0.3) is 5.91 Å². The maximum Gasteiger partial charge on any atom is 0.408 e. The second kappa shape index (κ2) is 24.2. The van der Waals surface area contributed by atoms with Crippen molar-refractivity contribution < 1.29 is 38.8 Å². The molecule has 22 heteroatoms. The maximum absolute atomic E-state index is 14.3. The molecule has 0 aliphatic carbocycles. The molecule has 0 bridgehead atoms. The van der Waals surface area contributed by atoms with Gasteiger partial charge in [0.1, 0.15) is 59.6 Å². The lowest BCUT2D eigenvalue weighted by atomic mass is 9.85. The number of aliphatic hydroxyl groups is 2. The van der Waals surface area contributed by atoms with Crippen molar-refractivity contribution in [2.45, 2.75) is 115 Å². The van der Waals surface area contributed by atoms with E-state index in [9.17, 15) is 35.1 Å². The predicted molar refractivity (Wildman–Crippen MR) is 337 cm³/mol. The number of ether oxygens (including phenoxy) is 3. The Labute approximate surface area is 516 Å². The summed E-state index contributed by atoms with van der Waals surface area (Å²) < 4.78 is 20.5. The SMILES string of the molecule is CC(C)(O)COc1cc(-c2ccc(N3CCC(N)(C(=O)N4CCc5ccccc54)CC3)nc2)c2c(C#N)cnn2c1.CC(C)(O)COc1cc(-c2ccc(N3CCC(NC(=O)OC(C)(C)C)(C(=O)N4CCc5ccccc54)CC3)nc2)c2c(C#N)cnn2c1. The Morgan fingerprint density at radius 2 is 1.04 bits per heavy atom. The molecule has 4 aliphatic rings. The predicted octanol–water partition coefficient (Wildman–Crippen LogP) is 8.18. The fourth-order valence-electron chi connectivity index (χ4n) is 11.9. The molecule has 3 amide bonds. The molecule has 22 nitrogen and oxygen atoms in total. The van der Waals surface area contributed by atoms with E-state index < -0.39 is 34.0 Å². The van der Waals surface area contributed by atoms with Gasteiger partial charge in [-0.1, -0.05) is 36.4 Å². The van der Waals surface area contributed by atoms with E-state index in [0.29, 0.717) is 104 Å². The average Bonchev–Trinajstić information content (AvgIpc) is 1.96. The van der Waals surface area contributed by atoms with E-state index in [1.807, 2.05) is 83.8 Å². The second-order valence-corrected chi connectivity index (χ2v) is 25.6. The number of para-hydroxylation sites is 2. The molecular weight excluding hydrogens is 1130 g/mol. The molecule has 0 unspecified atom stereocenters. The minimum Gasteiger partial charge on any atom is -0.489 e. The number of carbonyl (C=O) groups excluding carboxylic acids is 3. The van der Waals surface area contributed by atoms with E-state index in [1.165, 1.54) is 18.0 Å². The molecule has 0 radical (unpaired) electrons. The molecule has 5 N–H and O–H groups in total. The van der Waals surface area contributed by atoms with Crippen molar-refractivity contribution in [3.8, 4) is 45.9 Å². The van der Waals surface area contributed by atoms with Crippen LogP contribution in [0.3, 0.4) is 0 Å². The summed E-state index contributed by atoms with van der Waals surface area (Å²) in [6.45, 7) is 15.7. The van der Waals surface area contributed by atoms with Crippen LogP contribution < -0.4 is 40.1 Å². The summed E-state index contributed by atoms with van der Waals surface area (Å²) in [5.74, 6) is 2.40. The van der Waals surface area contributed by atoms with E-state index in [2.05, 4.69) is 43.5 Å². The van der Waals surface area contributed by atoms with Crippen molar-refractivity contribution >= 4 is 52.0 Å². The van der Waals surface area contributed by atoms with Crippen LogP contribution in [-0.4, -0.2) is 138 Å². The lowest BCUT2D eigenvalue weighted by molar-refractivity contribution is -0.126. The van der Waals surface area contributed by atoms with Crippen LogP contribution in [0, 0.1) is 22.7 Å². The van der Waals surface area contributed by atoms with Gasteiger partial charge in [0.15, 0.2) is 0 Å². The quantitative estimate of drug-likeness (QED) is 0.0847. The van der Waals surface area contributed by atoms with E-state index in [-0.39, 0.29) is 25.0 Å². The van der Waals surface area contributed by atoms with Crippen LogP contribution in [-0.2, 0) is 27.2 Å². The first-order chi connectivity index (χ1) is 42.4. The smallest absolute Gasteiger partial charge is 0.408 e. The van der Waals surface area contributed by atoms with Crippen LogP contribution in [0.4, 0.5) is 27.8 Å². The number of amides is 3. The highest BCUT2D eigenvalue weighted by atomic mass is 16.6. The van der Waals surface area contributed by atoms with E-state index >= 15 is 0 Å². The van der Waals surface area contributed by atoms with Crippen LogP contribution in [0.15, 0.2) is 122 Å². The van der Waals surface area contributed by atoms with Crippen LogP contribution >= 0.6 is 0 Å². The molecule has 6 aromatic heterocycles. The van der Waals surface area contributed by atoms with Crippen molar-refractivity contribution in [1.82, 2.24) is 34.5 Å². The van der Waals surface area contributed by atoms with Gasteiger partial charge in [0, 0.05) is 85.3 Å². The van der Waals surface area contributed by atoms with Crippen molar-refractivity contribution in [3.63, 3.8) is 0 Å². The zero-order valence-electron chi connectivity index (χ0n) is 51.2. The molecule has 8 aromatic rings. The normalized spacial score (nSPS) is 16.2. The van der Waals surface area contributed by atoms with Crippen molar-refractivity contribution in [3.05, 3.63) is 144 Å². The molecule has 89 heavy (non-hydrogen) atoms. The molecule has 460 valence electrons. The van der Waals surface area contributed by atoms with Crippen molar-refractivity contribution in [2.24, 2.45) is 5.73 Å². The van der Waals surface area contributed by atoms with E-state index in [1.54, 1.807) is 87.2 Å². The van der Waals surface area contributed by atoms with Crippen LogP contribution in [0.1, 0.15) is 96.4 Å². The zero-order valence-corrected chi connectivity index (χ0v) is 51.2. The lowest BCUT2D eigenvalue weighted by Crippen LogP contribution is -2.64. The summed E-state index contributed by atoms with van der Waals surface area (Å²) in [5, 5.41) is 51.3. The third-order valence-corrected chi connectivity index (χ3v) is 16.5. The largest absolute Gasteiger partial charge is 0.489 e. The van der Waals surface area contributed by atoms with Gasteiger partial charge in [0.2, 0.25) is 5.91 Å². The molecule has 0 saturated carbocycles. The summed E-state index contributed by atoms with van der Waals surface area (Å²) in [6.07, 6.45) is 12.8. The number of nitriles is 2. The Kier molecular flexibility index (Phi) is 16.6. The molecule has 4 aliphatic heterocycles. The van der Waals surface area contributed by atoms with Crippen molar-refractivity contribution in [2.75, 3.05) is 72.1 Å². The average molecular weight is 1200 g/mol. The van der Waals surface area contributed by atoms with Gasteiger partial charge in [-0.25, -0.2) is 23.8 Å². The number of anilines is 4. The summed E-state index contributed by atoms with van der Waals surface area (Å²) >= 11 is 0. The number of hydrogen-bond acceptors (Lipinski definition) is 17. The number of alkyl carbamates (subject to hydrolysis) is 1. The number of nitrogens with one attached hydrogen (secondary N) is 1. The zero-order chi connectivity index (χ0) is 63.0. The Hall–Kier alpha value is -9.61. The number of carbonyl (C=O) groups is 3. The summed E-state index contributed by atoms with van der Waals surface area (Å²) in [4.78, 5) is 58.3. The molecule has 2 fully saturated rings. The number of fused-ring (bicyclic) bond motifs is 4. The molecule has 0 atom stereocenters. The van der Waals surface area contributed by atoms with Gasteiger partial charge in [-0.3, -0.25) is 9.59 Å². The highest BCUT2D eigenvalue weighted by molar-refractivity contribution is 6.04. The Morgan fingerprint density at radius 3 is 1.46 bits per heavy atom. The third kappa shape index (κ3) is 13.2. The number of hydrogen-bond donors (Lipinski definition) is 4. The second-order valence-electron chi connectivity index (χ2n) is 25.6. The molecule has 2 aromatic carbocycles. The van der Waals surface area contributed by atoms with Gasteiger partial charge >= 0.3 is 6.09 Å². The highest BCUT2D eigenvalue weighted by Crippen LogP contribution is 2.38. The van der Waals surface area contributed by atoms with Gasteiger partial charge in [-0.05, 0) is 147 Å². The Bertz CT molecular complexity index is 4040. The van der Waals surface area contributed by atoms with Crippen molar-refractivity contribution in [1.29, 1.82) is 10.5 Å². The standard InChI is InChI=1S/C36H41N7O5.C31H33N7O3/c1-34(2,3)48-33(45)40-36(32(44)42-15-12-24-8-6-7-9-29(24)42)13-16-41(17-14-36)30-11-10-25(20-38-30)28-18-27(47-23-35(4,5)46)22-43-31(28)26(19-37)21-39-43;1-30(2,40)20-41-24-15-25(28-23(16-32)18-35-38(28)19-24)22-7-8-27(34-17-22)36-13-10-31(33,11-14-36)29(39)37-12-9-21-5-3-4-6-26(21)37/h6-11,18,20-22,46H,12-17,23H2,1-5H3,(H,40,45);3-8,15,17-19,40H,9-14,20,33H2,1-2H3. The van der Waals surface area contributed by atoms with Gasteiger partial charge in [-0.15, -0.1) is 0 Å². The number of benzene rings is 2. The first-order valence-corrected chi connectivity index (χ1v) is 30.0. The molecule has 10 heterocycles. The first kappa shape index (κ1) is 61.1. The van der Waals surface area contributed by atoms with Gasteiger partial charge in [-0.2, -0.15) is 20.7 Å². The fourth-order valence-corrected chi connectivity index (χ4v) is 11.9. The van der Waals surface area contributed by atoms with E-state index in [4.69, 9.17) is 29.9 Å². The van der Waals surface area contributed by atoms with Crippen LogP contribution in [0.5, 0.6) is 11.5 Å². The number of piperidine rings is 2. The van der Waals surface area contributed by atoms with Crippen LogP contribution in [0.25, 0.3) is 33.3 Å². The number of nitrogens with two attached hydrogens (primary N) is 1. The number of nitrogens with zero attached hydrogens (tertiary/aromatic N) is 12. The highest BCUT2D eigenvalue weighted by Gasteiger charge is 2.48. The van der Waals surface area contributed by atoms with E-state index in [0.717, 1.165) is 58.1 Å². The topological polar surface area (TPSA) is 278 Å². The lowest BCUT2D eigenvalue weighted by Gasteiger charge is -2.43. The minimum atomic E-state index is -1.14. The van der Waals surface area contributed by atoms with Crippen LogP contribution in [0.2, 0.25) is 0 Å².